The Morgan fingerprint density at radius 1 is 1.39 bits per heavy atom. The summed E-state index contributed by atoms with van der Waals surface area (Å²) in [6.45, 7) is 0. The van der Waals surface area contributed by atoms with Gasteiger partial charge in [-0.15, -0.1) is 0 Å². The van der Waals surface area contributed by atoms with E-state index in [2.05, 4.69) is 19.9 Å². The van der Waals surface area contributed by atoms with Gasteiger partial charge in [0.25, 0.3) is 0 Å². The SMILES string of the molecule is Nc1cc(OC(=O)c2nccc(F)n2)nc(O)n1. The maximum absolute atomic E-state index is 12.8. The zero-order chi connectivity index (χ0) is 13.1. The first-order valence-electron chi connectivity index (χ1n) is 4.59. The van der Waals surface area contributed by atoms with E-state index < -0.39 is 23.8 Å². The molecule has 2 aromatic heterocycles. The third-order valence-corrected chi connectivity index (χ3v) is 1.71. The Hall–Kier alpha value is -2.84. The first-order chi connectivity index (χ1) is 8.54. The van der Waals surface area contributed by atoms with E-state index in [0.29, 0.717) is 0 Å². The van der Waals surface area contributed by atoms with Crippen molar-refractivity contribution in [3.05, 3.63) is 30.1 Å². The molecule has 0 aliphatic carbocycles. The highest BCUT2D eigenvalue weighted by Gasteiger charge is 2.14. The number of esters is 1. The molecule has 0 aliphatic heterocycles. The maximum atomic E-state index is 12.8. The molecule has 9 heteroatoms. The minimum atomic E-state index is -1.04. The van der Waals surface area contributed by atoms with Crippen LogP contribution < -0.4 is 10.5 Å². The molecule has 92 valence electrons. The van der Waals surface area contributed by atoms with E-state index >= 15 is 0 Å². The maximum Gasteiger partial charge on any atom is 0.383 e. The molecule has 8 nitrogen and oxygen atoms in total. The Balaban J connectivity index is 2.21. The van der Waals surface area contributed by atoms with Gasteiger partial charge in [-0.25, -0.2) is 9.78 Å². The lowest BCUT2D eigenvalue weighted by atomic mass is 10.5. The fourth-order valence-corrected chi connectivity index (χ4v) is 1.06. The highest BCUT2D eigenvalue weighted by atomic mass is 19.1. The molecule has 0 aromatic carbocycles. The third kappa shape index (κ3) is 2.64. The van der Waals surface area contributed by atoms with Gasteiger partial charge in [0.15, 0.2) is 0 Å². The lowest BCUT2D eigenvalue weighted by molar-refractivity contribution is 0.0712. The van der Waals surface area contributed by atoms with Gasteiger partial charge >= 0.3 is 12.0 Å². The number of hydrogen-bond acceptors (Lipinski definition) is 8. The van der Waals surface area contributed by atoms with Crippen LogP contribution in [-0.2, 0) is 0 Å². The van der Waals surface area contributed by atoms with Crippen molar-refractivity contribution in [2.24, 2.45) is 0 Å². The van der Waals surface area contributed by atoms with E-state index in [1.807, 2.05) is 0 Å². The second kappa shape index (κ2) is 4.57. The van der Waals surface area contributed by atoms with Crippen LogP contribution in [0.15, 0.2) is 18.3 Å². The van der Waals surface area contributed by atoms with Gasteiger partial charge in [-0.3, -0.25) is 0 Å². The topological polar surface area (TPSA) is 124 Å². The normalized spacial score (nSPS) is 10.1. The minimum Gasteiger partial charge on any atom is -0.479 e. The quantitative estimate of drug-likeness (QED) is 0.560. The van der Waals surface area contributed by atoms with Gasteiger partial charge in [0.2, 0.25) is 17.7 Å². The number of nitrogen functional groups attached to an aromatic ring is 1. The summed E-state index contributed by atoms with van der Waals surface area (Å²) in [6.07, 6.45) is 1.06. The Labute approximate surface area is 99.3 Å². The predicted molar refractivity (Wildman–Crippen MR) is 55.1 cm³/mol. The standard InChI is InChI=1S/C9H6FN5O3/c10-4-1-2-12-7(13-4)8(16)18-6-3-5(11)14-9(17)15-6/h1-3H,(H3,11,14,15,17). The number of aromatic hydroxyl groups is 1. The second-order valence-electron chi connectivity index (χ2n) is 3.02. The number of ether oxygens (including phenoxy) is 1. The molecule has 0 atom stereocenters. The van der Waals surface area contributed by atoms with Crippen molar-refractivity contribution in [1.82, 2.24) is 19.9 Å². The summed E-state index contributed by atoms with van der Waals surface area (Å²) in [5.74, 6) is -2.77. The molecular weight excluding hydrogens is 245 g/mol. The summed E-state index contributed by atoms with van der Waals surface area (Å²) in [6, 6.07) is 1.43. The van der Waals surface area contributed by atoms with Gasteiger partial charge in [0.05, 0.1) is 0 Å². The van der Waals surface area contributed by atoms with E-state index in [9.17, 15) is 9.18 Å². The lowest BCUT2D eigenvalue weighted by Crippen LogP contribution is -2.14. The monoisotopic (exact) mass is 251 g/mol. The van der Waals surface area contributed by atoms with Crippen LogP contribution in [0.1, 0.15) is 10.6 Å². The Morgan fingerprint density at radius 2 is 2.17 bits per heavy atom. The number of hydrogen-bond donors (Lipinski definition) is 2. The molecule has 2 rings (SSSR count). The van der Waals surface area contributed by atoms with Crippen molar-refractivity contribution in [2.45, 2.75) is 0 Å². The number of carbonyl (C=O) groups excluding carboxylic acids is 1. The summed E-state index contributed by atoms with van der Waals surface area (Å²) in [5.41, 5.74) is 5.30. The van der Waals surface area contributed by atoms with Gasteiger partial charge in [-0.05, 0) is 0 Å². The first-order valence-corrected chi connectivity index (χ1v) is 4.59. The smallest absolute Gasteiger partial charge is 0.383 e. The number of anilines is 1. The highest BCUT2D eigenvalue weighted by molar-refractivity contribution is 5.86. The number of rotatable bonds is 2. The van der Waals surface area contributed by atoms with Crippen LogP contribution >= 0.6 is 0 Å². The van der Waals surface area contributed by atoms with Crippen LogP contribution in [0.3, 0.4) is 0 Å². The Kier molecular flexibility index (Phi) is 2.96. The molecule has 0 fully saturated rings. The largest absolute Gasteiger partial charge is 0.479 e. The molecule has 3 N–H and O–H groups in total. The molecule has 0 saturated carbocycles. The molecule has 18 heavy (non-hydrogen) atoms. The van der Waals surface area contributed by atoms with E-state index in [-0.39, 0.29) is 11.7 Å². The van der Waals surface area contributed by atoms with Crippen LogP contribution in [0.2, 0.25) is 0 Å². The van der Waals surface area contributed by atoms with E-state index in [1.165, 1.54) is 0 Å². The zero-order valence-electron chi connectivity index (χ0n) is 8.74. The molecule has 0 spiro atoms. The van der Waals surface area contributed by atoms with Gasteiger partial charge in [0.1, 0.15) is 5.82 Å². The van der Waals surface area contributed by atoms with Gasteiger partial charge in [-0.2, -0.15) is 19.3 Å². The van der Waals surface area contributed by atoms with Crippen LogP contribution in [0.4, 0.5) is 10.2 Å². The van der Waals surface area contributed by atoms with E-state index in [1.54, 1.807) is 0 Å². The van der Waals surface area contributed by atoms with Crippen LogP contribution in [0.5, 0.6) is 11.9 Å². The molecule has 0 bridgehead atoms. The van der Waals surface area contributed by atoms with Gasteiger partial charge < -0.3 is 15.6 Å². The number of nitrogens with two attached hydrogens (primary N) is 1. The number of nitrogens with zero attached hydrogens (tertiary/aromatic N) is 4. The summed E-state index contributed by atoms with van der Waals surface area (Å²) in [5, 5.41) is 9.04. The van der Waals surface area contributed by atoms with Crippen molar-refractivity contribution < 1.29 is 19.0 Å². The molecule has 2 heterocycles. The second-order valence-corrected chi connectivity index (χ2v) is 3.02. The van der Waals surface area contributed by atoms with Crippen molar-refractivity contribution in [3.63, 3.8) is 0 Å². The van der Waals surface area contributed by atoms with E-state index in [0.717, 1.165) is 18.3 Å². The fraction of sp³-hybridized carbons (Fsp3) is 0. The highest BCUT2D eigenvalue weighted by Crippen LogP contribution is 2.14. The minimum absolute atomic E-state index is 0.0922. The molecule has 0 aliphatic rings. The Morgan fingerprint density at radius 3 is 2.83 bits per heavy atom. The summed E-state index contributed by atoms with van der Waals surface area (Å²) >= 11 is 0. The van der Waals surface area contributed by atoms with Crippen molar-refractivity contribution >= 4 is 11.8 Å². The number of carbonyl (C=O) groups is 1. The first kappa shape index (κ1) is 11.6. The van der Waals surface area contributed by atoms with Crippen LogP contribution in [0.25, 0.3) is 0 Å². The number of aromatic nitrogens is 4. The average Bonchev–Trinajstić information content (AvgIpc) is 2.27. The van der Waals surface area contributed by atoms with Crippen molar-refractivity contribution in [3.8, 4) is 11.9 Å². The lowest BCUT2D eigenvalue weighted by Gasteiger charge is -2.02. The van der Waals surface area contributed by atoms with Crippen molar-refractivity contribution in [1.29, 1.82) is 0 Å². The molecule has 0 unspecified atom stereocenters. The summed E-state index contributed by atoms with van der Waals surface area (Å²) < 4.78 is 17.4. The van der Waals surface area contributed by atoms with Crippen molar-refractivity contribution in [2.75, 3.05) is 5.73 Å². The number of halogens is 1. The molecule has 0 saturated heterocycles. The zero-order valence-corrected chi connectivity index (χ0v) is 8.74. The predicted octanol–water partition coefficient (Wildman–Crippen LogP) is -0.0873. The summed E-state index contributed by atoms with van der Waals surface area (Å²) in [7, 11) is 0. The fourth-order valence-electron chi connectivity index (χ4n) is 1.06. The molecule has 0 amide bonds. The van der Waals surface area contributed by atoms with Gasteiger partial charge in [0, 0.05) is 18.3 Å². The molecular formula is C9H6FN5O3. The average molecular weight is 251 g/mol. The summed E-state index contributed by atoms with van der Waals surface area (Å²) in [4.78, 5) is 25.0. The Bertz CT molecular complexity index is 586. The van der Waals surface area contributed by atoms with Gasteiger partial charge in [-0.1, -0.05) is 0 Å². The van der Waals surface area contributed by atoms with E-state index in [4.69, 9.17) is 15.6 Å². The van der Waals surface area contributed by atoms with Crippen LogP contribution in [0, 0.1) is 5.95 Å². The van der Waals surface area contributed by atoms with Crippen LogP contribution in [-0.4, -0.2) is 31.0 Å². The third-order valence-electron chi connectivity index (χ3n) is 1.71. The molecule has 0 radical (unpaired) electrons. The molecule has 2 aromatic rings.